The van der Waals surface area contributed by atoms with Gasteiger partial charge in [-0.25, -0.2) is 4.98 Å². The molecule has 7 nitrogen and oxygen atoms in total. The highest BCUT2D eigenvalue weighted by molar-refractivity contribution is 6.32. The van der Waals surface area contributed by atoms with Gasteiger partial charge in [0.1, 0.15) is 5.75 Å². The molecule has 0 aliphatic heterocycles. The Morgan fingerprint density at radius 2 is 2.18 bits per heavy atom. The largest absolute Gasteiger partial charge is 0.495 e. The number of hydrogen-bond donors (Lipinski definition) is 2. The van der Waals surface area contributed by atoms with Gasteiger partial charge in [-0.2, -0.15) is 5.10 Å². The average molecular weight is 401 g/mol. The molecule has 3 rings (SSSR count). The summed E-state index contributed by atoms with van der Waals surface area (Å²) in [5, 5.41) is 18.5. The van der Waals surface area contributed by atoms with Crippen LogP contribution in [0.3, 0.4) is 0 Å². The van der Waals surface area contributed by atoms with Gasteiger partial charge in [-0.05, 0) is 44.2 Å². The summed E-state index contributed by atoms with van der Waals surface area (Å²) in [5.74, 6) is 0.139. The van der Waals surface area contributed by atoms with Crippen LogP contribution in [0, 0.1) is 0 Å². The fourth-order valence-electron chi connectivity index (χ4n) is 2.74. The highest BCUT2D eigenvalue weighted by Gasteiger charge is 2.23. The van der Waals surface area contributed by atoms with Crippen LogP contribution in [0.4, 0.5) is 5.69 Å². The normalized spacial score (nSPS) is 11.9. The number of rotatable bonds is 6. The van der Waals surface area contributed by atoms with Crippen molar-refractivity contribution in [2.45, 2.75) is 19.4 Å². The molecular formula is C20H21ClN4O3. The number of methoxy groups -OCH3 is 1. The number of carbonyl (C=O) groups is 1. The Morgan fingerprint density at radius 3 is 2.89 bits per heavy atom. The number of fused-ring (bicyclic) bond motifs is 1. The van der Waals surface area contributed by atoms with Gasteiger partial charge in [-0.15, -0.1) is 0 Å². The second-order valence-electron chi connectivity index (χ2n) is 6.90. The summed E-state index contributed by atoms with van der Waals surface area (Å²) in [4.78, 5) is 18.6. The topological polar surface area (TPSA) is 91.3 Å². The van der Waals surface area contributed by atoms with Gasteiger partial charge in [0.2, 0.25) is 0 Å². The van der Waals surface area contributed by atoms with E-state index in [4.69, 9.17) is 16.3 Å². The number of carbonyl (C=O) groups excluding carboxylic acids is 1. The maximum Gasteiger partial charge on any atom is 0.251 e. The van der Waals surface area contributed by atoms with Crippen molar-refractivity contribution in [2.75, 3.05) is 18.6 Å². The van der Waals surface area contributed by atoms with Gasteiger partial charge in [-0.3, -0.25) is 9.89 Å². The number of nitrogens with one attached hydrogen (secondary N) is 1. The first-order valence-corrected chi connectivity index (χ1v) is 9.01. The molecule has 8 heteroatoms. The number of anilines is 1. The number of pyridine rings is 1. The molecule has 0 bridgehead atoms. The van der Waals surface area contributed by atoms with Gasteiger partial charge in [-0.1, -0.05) is 11.6 Å². The van der Waals surface area contributed by atoms with Crippen molar-refractivity contribution in [3.8, 4) is 5.75 Å². The fourth-order valence-corrected chi connectivity index (χ4v) is 2.94. The minimum atomic E-state index is -1.10. The molecule has 2 heterocycles. The van der Waals surface area contributed by atoms with Crippen molar-refractivity contribution in [3.63, 3.8) is 0 Å². The van der Waals surface area contributed by atoms with E-state index in [9.17, 15) is 9.90 Å². The van der Waals surface area contributed by atoms with Crippen molar-refractivity contribution in [3.05, 3.63) is 53.3 Å². The molecule has 2 N–H and O–H groups in total. The Labute approximate surface area is 167 Å². The molecule has 0 radical (unpaired) electrons. The number of benzene rings is 1. The Balaban J connectivity index is 1.92. The van der Waals surface area contributed by atoms with Crippen LogP contribution in [0.15, 0.2) is 42.6 Å². The monoisotopic (exact) mass is 400 g/mol. The highest BCUT2D eigenvalue weighted by Crippen LogP contribution is 2.30. The van der Waals surface area contributed by atoms with Crippen LogP contribution in [0.1, 0.15) is 19.5 Å². The highest BCUT2D eigenvalue weighted by atomic mass is 35.5. The predicted octanol–water partition coefficient (Wildman–Crippen LogP) is 3.44. The molecule has 146 valence electrons. The van der Waals surface area contributed by atoms with Gasteiger partial charge in [0.25, 0.3) is 5.91 Å². The fraction of sp³-hybridized carbons (Fsp3) is 0.250. The lowest BCUT2D eigenvalue weighted by molar-refractivity contribution is -0.114. The third-order valence-electron chi connectivity index (χ3n) is 4.01. The standard InChI is InChI=1S/C20H21ClN4O3/c1-20(2,27)12-25(13-6-7-15(21)17(11-13)28-3)18(26)9-8-16-14-5-4-10-22-19(14)24-23-16/h4-11,27H,12H2,1-3H3,(H,22,23,24)/b9-8+. The number of ether oxygens (including phenoxy) is 1. The molecule has 0 saturated heterocycles. The SMILES string of the molecule is COc1cc(N(CC(C)(C)O)C(=O)/C=C/c2[nH]nc3ncccc23)ccc1Cl. The minimum absolute atomic E-state index is 0.0895. The summed E-state index contributed by atoms with van der Waals surface area (Å²) in [6.07, 6.45) is 4.72. The lowest BCUT2D eigenvalue weighted by atomic mass is 10.1. The molecule has 0 atom stereocenters. The van der Waals surface area contributed by atoms with Crippen molar-refractivity contribution in [2.24, 2.45) is 0 Å². The molecule has 28 heavy (non-hydrogen) atoms. The van der Waals surface area contributed by atoms with Gasteiger partial charge in [0, 0.05) is 29.4 Å². The summed E-state index contributed by atoms with van der Waals surface area (Å²) < 4.78 is 5.24. The number of amides is 1. The van der Waals surface area contributed by atoms with Gasteiger partial charge < -0.3 is 14.7 Å². The van der Waals surface area contributed by atoms with Gasteiger partial charge in [0.15, 0.2) is 5.65 Å². The number of aromatic amines is 1. The zero-order chi connectivity index (χ0) is 20.3. The van der Waals surface area contributed by atoms with E-state index in [1.807, 2.05) is 6.07 Å². The van der Waals surface area contributed by atoms with Crippen LogP contribution < -0.4 is 9.64 Å². The van der Waals surface area contributed by atoms with E-state index in [0.29, 0.717) is 27.8 Å². The quantitative estimate of drug-likeness (QED) is 0.618. The van der Waals surface area contributed by atoms with E-state index in [1.165, 1.54) is 18.1 Å². The molecule has 3 aromatic rings. The number of hydrogen-bond acceptors (Lipinski definition) is 5. The zero-order valence-corrected chi connectivity index (χ0v) is 16.6. The lowest BCUT2D eigenvalue weighted by Crippen LogP contribution is -2.41. The molecular weight excluding hydrogens is 380 g/mol. The van der Waals surface area contributed by atoms with Crippen LogP contribution in [-0.4, -0.2) is 45.5 Å². The number of aromatic nitrogens is 3. The maximum absolute atomic E-state index is 12.9. The third-order valence-corrected chi connectivity index (χ3v) is 4.32. The predicted molar refractivity (Wildman–Crippen MR) is 110 cm³/mol. The first kappa shape index (κ1) is 19.9. The van der Waals surface area contributed by atoms with E-state index < -0.39 is 5.60 Å². The van der Waals surface area contributed by atoms with E-state index in [-0.39, 0.29) is 12.5 Å². The molecule has 0 fully saturated rings. The van der Waals surface area contributed by atoms with Crippen molar-refractivity contribution >= 4 is 40.3 Å². The minimum Gasteiger partial charge on any atom is -0.495 e. The van der Waals surface area contributed by atoms with E-state index in [2.05, 4.69) is 15.2 Å². The average Bonchev–Trinajstić information content (AvgIpc) is 3.07. The molecule has 0 aliphatic carbocycles. The van der Waals surface area contributed by atoms with E-state index in [1.54, 1.807) is 50.4 Å². The number of H-pyrrole nitrogens is 1. The van der Waals surface area contributed by atoms with E-state index >= 15 is 0 Å². The Morgan fingerprint density at radius 1 is 1.39 bits per heavy atom. The number of aliphatic hydroxyl groups is 1. The summed E-state index contributed by atoms with van der Waals surface area (Å²) in [6.45, 7) is 3.36. The maximum atomic E-state index is 12.9. The second-order valence-corrected chi connectivity index (χ2v) is 7.31. The zero-order valence-electron chi connectivity index (χ0n) is 15.8. The Kier molecular flexibility index (Phi) is 5.67. The van der Waals surface area contributed by atoms with Gasteiger partial charge in [0.05, 0.1) is 30.0 Å². The molecule has 2 aromatic heterocycles. The Hall–Kier alpha value is -2.90. The van der Waals surface area contributed by atoms with Crippen LogP contribution in [0.2, 0.25) is 5.02 Å². The van der Waals surface area contributed by atoms with Crippen molar-refractivity contribution < 1.29 is 14.6 Å². The van der Waals surface area contributed by atoms with Crippen LogP contribution in [-0.2, 0) is 4.79 Å². The number of nitrogens with zero attached hydrogens (tertiary/aromatic N) is 3. The molecule has 0 spiro atoms. The summed E-state index contributed by atoms with van der Waals surface area (Å²) >= 11 is 6.09. The third kappa shape index (κ3) is 4.49. The summed E-state index contributed by atoms with van der Waals surface area (Å²) in [6, 6.07) is 8.69. The number of halogens is 1. The van der Waals surface area contributed by atoms with Crippen molar-refractivity contribution in [1.82, 2.24) is 15.2 Å². The molecule has 1 amide bonds. The Bertz CT molecular complexity index is 1020. The van der Waals surface area contributed by atoms with Crippen LogP contribution >= 0.6 is 11.6 Å². The first-order valence-electron chi connectivity index (χ1n) is 8.63. The second kappa shape index (κ2) is 8.00. The molecule has 0 saturated carbocycles. The van der Waals surface area contributed by atoms with Crippen molar-refractivity contribution in [1.29, 1.82) is 0 Å². The van der Waals surface area contributed by atoms with Crippen LogP contribution in [0.25, 0.3) is 17.1 Å². The first-order chi connectivity index (χ1) is 13.3. The lowest BCUT2D eigenvalue weighted by Gasteiger charge is -2.28. The van der Waals surface area contributed by atoms with Gasteiger partial charge >= 0.3 is 0 Å². The van der Waals surface area contributed by atoms with E-state index in [0.717, 1.165) is 5.39 Å². The summed E-state index contributed by atoms with van der Waals surface area (Å²) in [7, 11) is 1.50. The smallest absolute Gasteiger partial charge is 0.251 e. The molecule has 0 unspecified atom stereocenters. The summed E-state index contributed by atoms with van der Waals surface area (Å²) in [5.41, 5.74) is 0.717. The van der Waals surface area contributed by atoms with Crippen LogP contribution in [0.5, 0.6) is 5.75 Å². The molecule has 0 aliphatic rings. The molecule has 1 aromatic carbocycles.